The summed E-state index contributed by atoms with van der Waals surface area (Å²) in [5.41, 5.74) is 0.342. The Labute approximate surface area is 107 Å². The zero-order valence-electron chi connectivity index (χ0n) is 10.7. The van der Waals surface area contributed by atoms with Crippen LogP contribution < -0.4 is 0 Å². The Morgan fingerprint density at radius 3 is 2.72 bits per heavy atom. The number of carbonyl (C=O) groups excluding carboxylic acids is 1. The summed E-state index contributed by atoms with van der Waals surface area (Å²) in [5, 5.41) is 0. The zero-order chi connectivity index (χ0) is 12.6. The smallest absolute Gasteiger partial charge is 0.289 e. The maximum atomic E-state index is 12.1. The van der Waals surface area contributed by atoms with E-state index in [0.29, 0.717) is 17.3 Å². The van der Waals surface area contributed by atoms with Gasteiger partial charge in [-0.2, -0.15) is 0 Å². The molecule has 1 amide bonds. The summed E-state index contributed by atoms with van der Waals surface area (Å²) in [7, 11) is 1.80. The van der Waals surface area contributed by atoms with Crippen molar-refractivity contribution in [3.8, 4) is 0 Å². The lowest BCUT2D eigenvalue weighted by Gasteiger charge is -2.52. The second-order valence-corrected chi connectivity index (χ2v) is 5.39. The third kappa shape index (κ3) is 1.75. The number of methoxy groups -OCH3 is 1. The van der Waals surface area contributed by atoms with Crippen molar-refractivity contribution in [2.24, 2.45) is 5.41 Å². The monoisotopic (exact) mass is 249 g/mol. The van der Waals surface area contributed by atoms with Gasteiger partial charge >= 0.3 is 0 Å². The van der Waals surface area contributed by atoms with Crippen LogP contribution in [-0.2, 0) is 4.74 Å². The van der Waals surface area contributed by atoms with Gasteiger partial charge in [0.15, 0.2) is 5.76 Å². The highest BCUT2D eigenvalue weighted by Gasteiger charge is 2.49. The lowest BCUT2D eigenvalue weighted by atomic mass is 9.61. The fraction of sp³-hybridized carbons (Fsp3) is 0.643. The van der Waals surface area contributed by atoms with Crippen molar-refractivity contribution in [1.29, 1.82) is 0 Å². The first-order chi connectivity index (χ1) is 8.75. The summed E-state index contributed by atoms with van der Waals surface area (Å²) in [6.45, 7) is 1.64. The van der Waals surface area contributed by atoms with Crippen LogP contribution in [0, 0.1) is 5.41 Å². The van der Waals surface area contributed by atoms with E-state index in [0.717, 1.165) is 25.9 Å². The molecule has 98 valence electrons. The van der Waals surface area contributed by atoms with Crippen molar-refractivity contribution >= 4 is 5.91 Å². The van der Waals surface area contributed by atoms with Crippen LogP contribution in [0.3, 0.4) is 0 Å². The number of amides is 1. The molecule has 2 aliphatic rings. The first-order valence-corrected chi connectivity index (χ1v) is 6.61. The summed E-state index contributed by atoms with van der Waals surface area (Å²) >= 11 is 0. The van der Waals surface area contributed by atoms with Gasteiger partial charge in [0.05, 0.1) is 12.4 Å². The van der Waals surface area contributed by atoms with Crippen molar-refractivity contribution in [2.75, 3.05) is 20.2 Å². The molecule has 2 heterocycles. The molecule has 18 heavy (non-hydrogen) atoms. The molecular weight excluding hydrogens is 230 g/mol. The van der Waals surface area contributed by atoms with Gasteiger partial charge in [0.25, 0.3) is 5.91 Å². The molecule has 0 radical (unpaired) electrons. The van der Waals surface area contributed by atoms with Crippen molar-refractivity contribution in [3.05, 3.63) is 24.2 Å². The lowest BCUT2D eigenvalue weighted by Crippen LogP contribution is -2.53. The van der Waals surface area contributed by atoms with Crippen molar-refractivity contribution < 1.29 is 13.9 Å². The Morgan fingerprint density at radius 1 is 1.44 bits per heavy atom. The van der Waals surface area contributed by atoms with Crippen LogP contribution in [0.25, 0.3) is 0 Å². The number of hydrogen-bond acceptors (Lipinski definition) is 3. The first-order valence-electron chi connectivity index (χ1n) is 6.61. The number of furan rings is 1. The maximum absolute atomic E-state index is 12.1. The Kier molecular flexibility index (Phi) is 2.90. The van der Waals surface area contributed by atoms with Gasteiger partial charge in [-0.15, -0.1) is 0 Å². The number of hydrogen-bond donors (Lipinski definition) is 0. The van der Waals surface area contributed by atoms with Gasteiger partial charge in [0.1, 0.15) is 0 Å². The van der Waals surface area contributed by atoms with E-state index in [1.54, 1.807) is 25.5 Å². The molecule has 4 nitrogen and oxygen atoms in total. The molecule has 0 bridgehead atoms. The number of nitrogens with zero attached hydrogens (tertiary/aromatic N) is 1. The van der Waals surface area contributed by atoms with Gasteiger partial charge in [0, 0.05) is 25.6 Å². The van der Waals surface area contributed by atoms with Crippen LogP contribution in [0.5, 0.6) is 0 Å². The van der Waals surface area contributed by atoms with Gasteiger partial charge in [-0.05, 0) is 37.8 Å². The highest BCUT2D eigenvalue weighted by atomic mass is 16.5. The number of carbonyl (C=O) groups is 1. The van der Waals surface area contributed by atoms with E-state index < -0.39 is 0 Å². The molecule has 1 saturated carbocycles. The minimum atomic E-state index is 0.0168. The fourth-order valence-electron chi connectivity index (χ4n) is 3.32. The van der Waals surface area contributed by atoms with Crippen LogP contribution in [0.1, 0.15) is 36.2 Å². The largest absolute Gasteiger partial charge is 0.459 e. The summed E-state index contributed by atoms with van der Waals surface area (Å²) in [5.74, 6) is 0.464. The molecule has 2 fully saturated rings. The quantitative estimate of drug-likeness (QED) is 0.807. The second-order valence-electron chi connectivity index (χ2n) is 5.39. The summed E-state index contributed by atoms with van der Waals surface area (Å²) in [6.07, 6.45) is 6.47. The van der Waals surface area contributed by atoms with E-state index in [4.69, 9.17) is 9.15 Å². The molecule has 1 spiro atoms. The standard InChI is InChI=1S/C14H19NO3/c1-17-12-4-5-14(12)6-8-15(9-7-14)13(16)11-3-2-10-18-11/h2-3,10,12H,4-9H2,1H3. The van der Waals surface area contributed by atoms with Crippen molar-refractivity contribution in [1.82, 2.24) is 4.90 Å². The molecule has 4 heteroatoms. The highest BCUT2D eigenvalue weighted by Crippen LogP contribution is 2.50. The van der Waals surface area contributed by atoms with Crippen LogP contribution in [0.2, 0.25) is 0 Å². The highest BCUT2D eigenvalue weighted by molar-refractivity contribution is 5.91. The second kappa shape index (κ2) is 4.43. The van der Waals surface area contributed by atoms with Crippen LogP contribution >= 0.6 is 0 Å². The zero-order valence-corrected chi connectivity index (χ0v) is 10.7. The molecule has 1 aliphatic heterocycles. The topological polar surface area (TPSA) is 42.7 Å². The van der Waals surface area contributed by atoms with E-state index in [1.165, 1.54) is 12.8 Å². The Morgan fingerprint density at radius 2 is 2.22 bits per heavy atom. The van der Waals surface area contributed by atoms with Gasteiger partial charge in [-0.3, -0.25) is 4.79 Å². The summed E-state index contributed by atoms with van der Waals surface area (Å²) in [6, 6.07) is 3.49. The minimum Gasteiger partial charge on any atom is -0.459 e. The molecule has 1 unspecified atom stereocenters. The van der Waals surface area contributed by atoms with E-state index in [-0.39, 0.29) is 5.91 Å². The van der Waals surface area contributed by atoms with Crippen LogP contribution in [0.4, 0.5) is 0 Å². The number of rotatable bonds is 2. The van der Waals surface area contributed by atoms with Crippen LogP contribution in [0.15, 0.2) is 22.8 Å². The third-order valence-corrected chi connectivity index (χ3v) is 4.65. The minimum absolute atomic E-state index is 0.0168. The molecule has 1 saturated heterocycles. The van der Waals surface area contributed by atoms with Crippen molar-refractivity contribution in [3.63, 3.8) is 0 Å². The molecule has 0 N–H and O–H groups in total. The predicted octanol–water partition coefficient (Wildman–Crippen LogP) is 2.31. The van der Waals surface area contributed by atoms with Gasteiger partial charge in [-0.25, -0.2) is 0 Å². The van der Waals surface area contributed by atoms with Gasteiger partial charge in [0.2, 0.25) is 0 Å². The number of likely N-dealkylation sites (tertiary alicyclic amines) is 1. The molecule has 1 aromatic heterocycles. The Balaban J connectivity index is 1.62. The third-order valence-electron chi connectivity index (χ3n) is 4.65. The predicted molar refractivity (Wildman–Crippen MR) is 66.3 cm³/mol. The van der Waals surface area contributed by atoms with Crippen molar-refractivity contribution in [2.45, 2.75) is 31.8 Å². The van der Waals surface area contributed by atoms with E-state index >= 15 is 0 Å². The van der Waals surface area contributed by atoms with E-state index in [2.05, 4.69) is 0 Å². The molecule has 0 aromatic carbocycles. The SMILES string of the molecule is COC1CCC12CCN(C(=O)c1ccco1)CC2. The van der Waals surface area contributed by atoms with Crippen LogP contribution in [-0.4, -0.2) is 37.1 Å². The molecule has 1 atom stereocenters. The average Bonchev–Trinajstić information content (AvgIpc) is 2.91. The number of ether oxygens (including phenoxy) is 1. The Hall–Kier alpha value is -1.29. The molecule has 1 aliphatic carbocycles. The Bertz CT molecular complexity index is 416. The van der Waals surface area contributed by atoms with E-state index in [9.17, 15) is 4.79 Å². The summed E-state index contributed by atoms with van der Waals surface area (Å²) < 4.78 is 10.7. The summed E-state index contributed by atoms with van der Waals surface area (Å²) in [4.78, 5) is 14.0. The maximum Gasteiger partial charge on any atom is 0.289 e. The molecule has 1 aromatic rings. The van der Waals surface area contributed by atoms with Gasteiger partial charge in [-0.1, -0.05) is 0 Å². The first kappa shape index (κ1) is 11.8. The fourth-order valence-corrected chi connectivity index (χ4v) is 3.32. The number of piperidine rings is 1. The molecule has 3 rings (SSSR count). The van der Waals surface area contributed by atoms with Gasteiger partial charge < -0.3 is 14.1 Å². The normalized spacial score (nSPS) is 26.1. The average molecular weight is 249 g/mol. The molecular formula is C14H19NO3. The van der Waals surface area contributed by atoms with E-state index in [1.807, 2.05) is 4.90 Å². The lowest BCUT2D eigenvalue weighted by molar-refractivity contribution is -0.116.